The molecule has 1 aliphatic heterocycles. The number of nitrogens with one attached hydrogen (secondary N) is 1. The van der Waals surface area contributed by atoms with Gasteiger partial charge in [0.25, 0.3) is 0 Å². The number of para-hydroxylation sites is 1. The Bertz CT molecular complexity index is 775. The molecular formula is C22H27NO4. The summed E-state index contributed by atoms with van der Waals surface area (Å²) in [4.78, 5) is 12.5. The number of hydrogen-bond acceptors (Lipinski definition) is 4. The van der Waals surface area contributed by atoms with Crippen molar-refractivity contribution in [3.63, 3.8) is 0 Å². The number of fused-ring (bicyclic) bond motifs is 1. The van der Waals surface area contributed by atoms with Crippen molar-refractivity contribution >= 4 is 5.91 Å². The van der Waals surface area contributed by atoms with Crippen molar-refractivity contribution in [2.45, 2.75) is 32.7 Å². The van der Waals surface area contributed by atoms with E-state index in [9.17, 15) is 4.79 Å². The first-order valence-electron chi connectivity index (χ1n) is 9.49. The van der Waals surface area contributed by atoms with Crippen LogP contribution in [0.4, 0.5) is 0 Å². The lowest BCUT2D eigenvalue weighted by atomic mass is 9.96. The van der Waals surface area contributed by atoms with Gasteiger partial charge in [-0.2, -0.15) is 0 Å². The smallest absolute Gasteiger partial charge is 0.227 e. The second-order valence-electron chi connectivity index (χ2n) is 6.72. The van der Waals surface area contributed by atoms with E-state index in [2.05, 4.69) is 12.2 Å². The van der Waals surface area contributed by atoms with Crippen molar-refractivity contribution in [1.29, 1.82) is 0 Å². The molecule has 5 heteroatoms. The van der Waals surface area contributed by atoms with E-state index in [1.807, 2.05) is 42.5 Å². The van der Waals surface area contributed by atoms with E-state index in [0.717, 1.165) is 35.5 Å². The van der Waals surface area contributed by atoms with Gasteiger partial charge in [-0.25, -0.2) is 0 Å². The molecule has 1 amide bonds. The fourth-order valence-electron chi connectivity index (χ4n) is 3.10. The van der Waals surface area contributed by atoms with E-state index in [-0.39, 0.29) is 11.8 Å². The average Bonchev–Trinajstić information content (AvgIpc) is 2.72. The molecule has 0 fully saturated rings. The predicted octanol–water partition coefficient (Wildman–Crippen LogP) is 3.74. The van der Waals surface area contributed by atoms with Gasteiger partial charge in [-0.3, -0.25) is 4.79 Å². The molecule has 0 aliphatic carbocycles. The van der Waals surface area contributed by atoms with Crippen molar-refractivity contribution in [2.24, 2.45) is 5.92 Å². The Balaban J connectivity index is 1.56. The number of ether oxygens (including phenoxy) is 3. The lowest BCUT2D eigenvalue weighted by Gasteiger charge is -2.24. The summed E-state index contributed by atoms with van der Waals surface area (Å²) >= 11 is 0. The number of carbonyl (C=O) groups excluding carboxylic acids is 1. The van der Waals surface area contributed by atoms with Crippen LogP contribution in [0.5, 0.6) is 17.2 Å². The van der Waals surface area contributed by atoms with Crippen LogP contribution in [0.1, 0.15) is 30.9 Å². The van der Waals surface area contributed by atoms with E-state index in [0.29, 0.717) is 31.9 Å². The van der Waals surface area contributed by atoms with Crippen LogP contribution in [0.2, 0.25) is 0 Å². The van der Waals surface area contributed by atoms with E-state index >= 15 is 0 Å². The van der Waals surface area contributed by atoms with Crippen molar-refractivity contribution in [3.05, 3.63) is 53.6 Å². The van der Waals surface area contributed by atoms with E-state index in [1.54, 1.807) is 7.11 Å². The molecular weight excluding hydrogens is 342 g/mol. The lowest BCUT2D eigenvalue weighted by molar-refractivity contribution is -0.126. The number of unbranched alkanes of at least 4 members (excludes halogenated alkanes) is 1. The first-order chi connectivity index (χ1) is 13.2. The first kappa shape index (κ1) is 19.1. The topological polar surface area (TPSA) is 56.8 Å². The Kier molecular flexibility index (Phi) is 6.58. The molecule has 27 heavy (non-hydrogen) atoms. The van der Waals surface area contributed by atoms with Crippen LogP contribution in [0.25, 0.3) is 0 Å². The van der Waals surface area contributed by atoms with Gasteiger partial charge < -0.3 is 19.5 Å². The number of hydrogen-bond donors (Lipinski definition) is 1. The van der Waals surface area contributed by atoms with Crippen LogP contribution >= 0.6 is 0 Å². The molecule has 0 radical (unpaired) electrons. The molecule has 144 valence electrons. The summed E-state index contributed by atoms with van der Waals surface area (Å²) in [5.41, 5.74) is 2.05. The zero-order chi connectivity index (χ0) is 19.1. The maximum absolute atomic E-state index is 12.5. The average molecular weight is 369 g/mol. The van der Waals surface area contributed by atoms with Crippen molar-refractivity contribution in [3.8, 4) is 17.2 Å². The molecule has 0 aromatic heterocycles. The molecule has 2 aromatic rings. The van der Waals surface area contributed by atoms with Crippen LogP contribution < -0.4 is 19.5 Å². The van der Waals surface area contributed by atoms with Gasteiger partial charge in [0.05, 0.1) is 19.6 Å². The van der Waals surface area contributed by atoms with Crippen LogP contribution in [0.3, 0.4) is 0 Å². The minimum atomic E-state index is -0.168. The zero-order valence-electron chi connectivity index (χ0n) is 16.0. The van der Waals surface area contributed by atoms with Gasteiger partial charge in [0, 0.05) is 6.54 Å². The monoisotopic (exact) mass is 369 g/mol. The standard InChI is InChI=1S/C22H27NO4/c1-3-4-11-26-20-10-9-16(12-21(20)25-2)14-23-22(24)18-13-17-7-5-6-8-19(17)27-15-18/h5-10,12,18H,3-4,11,13-15H2,1-2H3,(H,23,24). The highest BCUT2D eigenvalue weighted by Crippen LogP contribution is 2.29. The van der Waals surface area contributed by atoms with Crippen LogP contribution in [0, 0.1) is 5.92 Å². The normalized spacial score (nSPS) is 15.4. The lowest BCUT2D eigenvalue weighted by Crippen LogP contribution is -2.37. The van der Waals surface area contributed by atoms with Gasteiger partial charge in [-0.1, -0.05) is 37.6 Å². The van der Waals surface area contributed by atoms with Crippen molar-refractivity contribution in [2.75, 3.05) is 20.3 Å². The first-order valence-corrected chi connectivity index (χ1v) is 9.49. The van der Waals surface area contributed by atoms with Crippen LogP contribution in [-0.4, -0.2) is 26.2 Å². The van der Waals surface area contributed by atoms with Gasteiger partial charge in [-0.05, 0) is 42.2 Å². The molecule has 1 atom stereocenters. The van der Waals surface area contributed by atoms with E-state index < -0.39 is 0 Å². The van der Waals surface area contributed by atoms with Gasteiger partial charge in [0.2, 0.25) is 5.91 Å². The highest BCUT2D eigenvalue weighted by atomic mass is 16.5. The largest absolute Gasteiger partial charge is 0.493 e. The fraction of sp³-hybridized carbons (Fsp3) is 0.409. The van der Waals surface area contributed by atoms with Crippen molar-refractivity contribution in [1.82, 2.24) is 5.32 Å². The molecule has 1 heterocycles. The highest BCUT2D eigenvalue weighted by Gasteiger charge is 2.25. The summed E-state index contributed by atoms with van der Waals surface area (Å²) in [5, 5.41) is 3.01. The third kappa shape index (κ3) is 4.94. The number of rotatable bonds is 8. The summed E-state index contributed by atoms with van der Waals surface area (Å²) in [5.74, 6) is 2.14. The summed E-state index contributed by atoms with van der Waals surface area (Å²) in [6, 6.07) is 13.6. The Hall–Kier alpha value is -2.69. The summed E-state index contributed by atoms with van der Waals surface area (Å²) < 4.78 is 16.9. The van der Waals surface area contributed by atoms with Gasteiger partial charge in [-0.15, -0.1) is 0 Å². The SMILES string of the molecule is CCCCOc1ccc(CNC(=O)C2COc3ccccc3C2)cc1OC. The maximum atomic E-state index is 12.5. The van der Waals surface area contributed by atoms with Crippen molar-refractivity contribution < 1.29 is 19.0 Å². The molecule has 1 unspecified atom stereocenters. The van der Waals surface area contributed by atoms with Crippen LogP contribution in [0.15, 0.2) is 42.5 Å². The third-order valence-electron chi connectivity index (χ3n) is 4.70. The molecule has 0 bridgehead atoms. The molecule has 0 saturated carbocycles. The second kappa shape index (κ2) is 9.31. The number of methoxy groups -OCH3 is 1. The molecule has 2 aromatic carbocycles. The maximum Gasteiger partial charge on any atom is 0.227 e. The van der Waals surface area contributed by atoms with Gasteiger partial charge in [0.15, 0.2) is 11.5 Å². The fourth-order valence-corrected chi connectivity index (χ4v) is 3.10. The third-order valence-corrected chi connectivity index (χ3v) is 4.70. The molecule has 0 spiro atoms. The van der Waals surface area contributed by atoms with Gasteiger partial charge in [0.1, 0.15) is 12.4 Å². The Morgan fingerprint density at radius 2 is 2.07 bits per heavy atom. The Morgan fingerprint density at radius 3 is 2.89 bits per heavy atom. The minimum absolute atomic E-state index is 0.00624. The molecule has 0 saturated heterocycles. The quantitative estimate of drug-likeness (QED) is 0.720. The van der Waals surface area contributed by atoms with Gasteiger partial charge >= 0.3 is 0 Å². The molecule has 5 nitrogen and oxygen atoms in total. The van der Waals surface area contributed by atoms with Crippen LogP contribution in [-0.2, 0) is 17.8 Å². The van der Waals surface area contributed by atoms with E-state index in [1.165, 1.54) is 0 Å². The number of amides is 1. The molecule has 1 N–H and O–H groups in total. The predicted molar refractivity (Wildman–Crippen MR) is 104 cm³/mol. The molecule has 1 aliphatic rings. The second-order valence-corrected chi connectivity index (χ2v) is 6.72. The Morgan fingerprint density at radius 1 is 1.22 bits per heavy atom. The zero-order valence-corrected chi connectivity index (χ0v) is 16.0. The highest BCUT2D eigenvalue weighted by molar-refractivity contribution is 5.79. The van der Waals surface area contributed by atoms with E-state index in [4.69, 9.17) is 14.2 Å². The summed E-state index contributed by atoms with van der Waals surface area (Å²) in [7, 11) is 1.63. The number of benzene rings is 2. The summed E-state index contributed by atoms with van der Waals surface area (Å²) in [6.07, 6.45) is 2.80. The summed E-state index contributed by atoms with van der Waals surface area (Å²) in [6.45, 7) is 3.66. The number of carbonyl (C=O) groups is 1. The molecule has 3 rings (SSSR count). The minimum Gasteiger partial charge on any atom is -0.493 e. The Labute approximate surface area is 160 Å².